The van der Waals surface area contributed by atoms with Crippen molar-refractivity contribution in [1.82, 2.24) is 0 Å². The highest BCUT2D eigenvalue weighted by atomic mass is 79.9. The Morgan fingerprint density at radius 3 is 2.73 bits per heavy atom. The van der Waals surface area contributed by atoms with Crippen molar-refractivity contribution in [2.24, 2.45) is 5.73 Å². The Labute approximate surface area is 99.5 Å². The van der Waals surface area contributed by atoms with Crippen molar-refractivity contribution < 1.29 is 14.3 Å². The highest BCUT2D eigenvalue weighted by Gasteiger charge is 2.12. The molecule has 0 unspecified atom stereocenters. The third-order valence-electron chi connectivity index (χ3n) is 1.49. The number of hydrogen-bond donors (Lipinski definition) is 1. The first-order chi connectivity index (χ1) is 7.00. The van der Waals surface area contributed by atoms with Gasteiger partial charge in [-0.1, -0.05) is 27.5 Å². The summed E-state index contributed by atoms with van der Waals surface area (Å²) in [5, 5.41) is 0.257. The number of carbonyl (C=O) groups excluding carboxylic acids is 2. The molecule has 0 aliphatic carbocycles. The van der Waals surface area contributed by atoms with Crippen molar-refractivity contribution in [3.05, 3.63) is 33.3 Å². The molecule has 0 saturated heterocycles. The van der Waals surface area contributed by atoms with Gasteiger partial charge in [-0.15, -0.1) is 0 Å². The second-order valence-electron chi connectivity index (χ2n) is 2.67. The topological polar surface area (TPSA) is 69.4 Å². The van der Waals surface area contributed by atoms with Crippen molar-refractivity contribution >= 4 is 39.4 Å². The van der Waals surface area contributed by atoms with Gasteiger partial charge in [-0.3, -0.25) is 4.79 Å². The van der Waals surface area contributed by atoms with Crippen LogP contribution in [0.25, 0.3) is 0 Å². The Hall–Kier alpha value is -1.07. The molecule has 0 radical (unpaired) electrons. The molecular formula is C9H7BrClNO3. The maximum absolute atomic E-state index is 11.4. The number of esters is 1. The molecule has 0 aliphatic rings. The number of halogens is 2. The number of amides is 1. The molecule has 1 amide bonds. The lowest BCUT2D eigenvalue weighted by Crippen LogP contribution is -2.21. The van der Waals surface area contributed by atoms with Crippen molar-refractivity contribution in [3.8, 4) is 0 Å². The third-order valence-corrected chi connectivity index (χ3v) is 2.32. The van der Waals surface area contributed by atoms with Gasteiger partial charge in [0.05, 0.1) is 10.6 Å². The second kappa shape index (κ2) is 5.14. The van der Waals surface area contributed by atoms with Gasteiger partial charge in [0.25, 0.3) is 5.91 Å². The normalized spacial score (nSPS) is 9.73. The van der Waals surface area contributed by atoms with Crippen LogP contribution in [-0.2, 0) is 9.53 Å². The number of benzene rings is 1. The number of rotatable bonds is 3. The van der Waals surface area contributed by atoms with E-state index in [4.69, 9.17) is 17.3 Å². The average molecular weight is 293 g/mol. The first-order valence-electron chi connectivity index (χ1n) is 3.91. The van der Waals surface area contributed by atoms with Gasteiger partial charge in [0.15, 0.2) is 6.61 Å². The minimum absolute atomic E-state index is 0.187. The fourth-order valence-corrected chi connectivity index (χ4v) is 1.42. The van der Waals surface area contributed by atoms with E-state index in [2.05, 4.69) is 20.7 Å². The fraction of sp³-hybridized carbons (Fsp3) is 0.111. The molecule has 0 saturated carbocycles. The molecule has 1 aromatic rings. The molecule has 1 rings (SSSR count). The molecular weight excluding hydrogens is 285 g/mol. The predicted molar refractivity (Wildman–Crippen MR) is 58.6 cm³/mol. The van der Waals surface area contributed by atoms with Crippen LogP contribution in [0.4, 0.5) is 0 Å². The zero-order valence-electron chi connectivity index (χ0n) is 7.50. The molecule has 0 bridgehead atoms. The molecule has 0 spiro atoms. The average Bonchev–Trinajstić information content (AvgIpc) is 2.18. The maximum atomic E-state index is 11.4. The van der Waals surface area contributed by atoms with E-state index in [9.17, 15) is 9.59 Å². The molecule has 0 fully saturated rings. The number of ether oxygens (including phenoxy) is 1. The summed E-state index contributed by atoms with van der Waals surface area (Å²) in [5.74, 6) is -1.39. The van der Waals surface area contributed by atoms with Crippen molar-refractivity contribution in [2.75, 3.05) is 6.61 Å². The lowest BCUT2D eigenvalue weighted by atomic mass is 10.2. The number of carbonyl (C=O) groups is 2. The number of nitrogens with two attached hydrogens (primary N) is 1. The minimum atomic E-state index is -0.713. The fourth-order valence-electron chi connectivity index (χ4n) is 0.868. The van der Waals surface area contributed by atoms with E-state index in [0.29, 0.717) is 4.47 Å². The van der Waals surface area contributed by atoms with Gasteiger partial charge in [-0.05, 0) is 18.2 Å². The highest BCUT2D eigenvalue weighted by Crippen LogP contribution is 2.21. The summed E-state index contributed by atoms with van der Waals surface area (Å²) in [5.41, 5.74) is 5.02. The first kappa shape index (κ1) is 12.0. The quantitative estimate of drug-likeness (QED) is 0.863. The van der Waals surface area contributed by atoms with Crippen LogP contribution in [0.2, 0.25) is 5.02 Å². The number of primary amides is 1. The molecule has 0 aliphatic heterocycles. The molecule has 4 nitrogen and oxygen atoms in total. The number of hydrogen-bond acceptors (Lipinski definition) is 3. The van der Waals surface area contributed by atoms with Gasteiger partial charge in [-0.2, -0.15) is 0 Å². The van der Waals surface area contributed by atoms with E-state index in [1.807, 2.05) is 0 Å². The van der Waals surface area contributed by atoms with Gasteiger partial charge in [0.1, 0.15) is 0 Å². The van der Waals surface area contributed by atoms with Crippen molar-refractivity contribution in [1.29, 1.82) is 0 Å². The van der Waals surface area contributed by atoms with Crippen LogP contribution in [0, 0.1) is 0 Å². The Morgan fingerprint density at radius 2 is 2.13 bits per heavy atom. The Morgan fingerprint density at radius 1 is 1.47 bits per heavy atom. The monoisotopic (exact) mass is 291 g/mol. The van der Waals surface area contributed by atoms with Gasteiger partial charge in [0.2, 0.25) is 0 Å². The van der Waals surface area contributed by atoms with Crippen LogP contribution in [0.15, 0.2) is 22.7 Å². The van der Waals surface area contributed by atoms with E-state index in [0.717, 1.165) is 0 Å². The van der Waals surface area contributed by atoms with Crippen LogP contribution in [-0.4, -0.2) is 18.5 Å². The Bertz CT molecular complexity index is 408. The van der Waals surface area contributed by atoms with Gasteiger partial charge < -0.3 is 10.5 Å². The van der Waals surface area contributed by atoms with E-state index < -0.39 is 18.5 Å². The van der Waals surface area contributed by atoms with Crippen molar-refractivity contribution in [3.63, 3.8) is 0 Å². The zero-order chi connectivity index (χ0) is 11.4. The maximum Gasteiger partial charge on any atom is 0.340 e. The van der Waals surface area contributed by atoms with Crippen LogP contribution in [0.1, 0.15) is 10.4 Å². The van der Waals surface area contributed by atoms with E-state index in [1.165, 1.54) is 6.07 Å². The summed E-state index contributed by atoms with van der Waals surface area (Å²) in [6.45, 7) is -0.457. The second-order valence-corrected chi connectivity index (χ2v) is 3.99. The van der Waals surface area contributed by atoms with E-state index in [-0.39, 0.29) is 10.6 Å². The van der Waals surface area contributed by atoms with Crippen LogP contribution in [0.3, 0.4) is 0 Å². The minimum Gasteiger partial charge on any atom is -0.452 e. The molecule has 0 atom stereocenters. The standard InChI is InChI=1S/C9H7BrClNO3/c10-5-1-2-7(11)6(3-5)9(14)15-4-8(12)13/h1-3H,4H2,(H2,12,13). The lowest BCUT2D eigenvalue weighted by molar-refractivity contribution is -0.121. The van der Waals surface area contributed by atoms with Crippen LogP contribution < -0.4 is 5.73 Å². The van der Waals surface area contributed by atoms with Crippen LogP contribution >= 0.6 is 27.5 Å². The molecule has 1 aromatic carbocycles. The highest BCUT2D eigenvalue weighted by molar-refractivity contribution is 9.10. The molecule has 80 valence electrons. The summed E-state index contributed by atoms with van der Waals surface area (Å²) >= 11 is 8.96. The summed E-state index contributed by atoms with van der Waals surface area (Å²) < 4.78 is 5.30. The SMILES string of the molecule is NC(=O)COC(=O)c1cc(Br)ccc1Cl. The summed E-state index contributed by atoms with van der Waals surface area (Å²) in [4.78, 5) is 21.8. The lowest BCUT2D eigenvalue weighted by Gasteiger charge is -2.04. The molecule has 15 heavy (non-hydrogen) atoms. The zero-order valence-corrected chi connectivity index (χ0v) is 9.84. The third kappa shape index (κ3) is 3.53. The smallest absolute Gasteiger partial charge is 0.340 e. The van der Waals surface area contributed by atoms with Gasteiger partial charge in [0, 0.05) is 4.47 Å². The molecule has 2 N–H and O–H groups in total. The van der Waals surface area contributed by atoms with Crippen LogP contribution in [0.5, 0.6) is 0 Å². The first-order valence-corrected chi connectivity index (χ1v) is 5.08. The summed E-state index contributed by atoms with van der Waals surface area (Å²) in [6, 6.07) is 4.74. The van der Waals surface area contributed by atoms with Gasteiger partial charge in [-0.25, -0.2) is 4.79 Å². The molecule has 0 aromatic heterocycles. The predicted octanol–water partition coefficient (Wildman–Crippen LogP) is 1.74. The Kier molecular flexibility index (Phi) is 4.11. The summed E-state index contributed by atoms with van der Waals surface area (Å²) in [7, 11) is 0. The van der Waals surface area contributed by atoms with Crippen molar-refractivity contribution in [2.45, 2.75) is 0 Å². The van der Waals surface area contributed by atoms with Gasteiger partial charge >= 0.3 is 5.97 Å². The molecule has 6 heteroatoms. The molecule has 0 heterocycles. The summed E-state index contributed by atoms with van der Waals surface area (Å²) in [6.07, 6.45) is 0. The largest absolute Gasteiger partial charge is 0.452 e. The van der Waals surface area contributed by atoms with E-state index >= 15 is 0 Å². The Balaban J connectivity index is 2.81. The van der Waals surface area contributed by atoms with E-state index in [1.54, 1.807) is 12.1 Å².